The third kappa shape index (κ3) is 4.03. The Morgan fingerprint density at radius 1 is 1.45 bits per heavy atom. The maximum atomic E-state index is 11.0. The van der Waals surface area contributed by atoms with Gasteiger partial charge in [-0.1, -0.05) is 6.92 Å². The van der Waals surface area contributed by atoms with Crippen LogP contribution in [0.4, 0.5) is 0 Å². The van der Waals surface area contributed by atoms with Crippen molar-refractivity contribution in [1.29, 1.82) is 0 Å². The summed E-state index contributed by atoms with van der Waals surface area (Å²) < 4.78 is 0. The summed E-state index contributed by atoms with van der Waals surface area (Å²) in [6, 6.07) is 0. The number of carbonyl (C=O) groups excluding carboxylic acids is 2. The van der Waals surface area contributed by atoms with Crippen LogP contribution in [0.25, 0.3) is 0 Å². The lowest BCUT2D eigenvalue weighted by molar-refractivity contribution is -0.140. The van der Waals surface area contributed by atoms with Crippen LogP contribution in [-0.4, -0.2) is 35.3 Å². The van der Waals surface area contributed by atoms with Gasteiger partial charge in [-0.05, 0) is 5.75 Å². The second kappa shape index (κ2) is 5.18. The Morgan fingerprint density at radius 3 is 2.36 bits per heavy atom. The minimum Gasteiger partial charge on any atom is -0.285 e. The minimum atomic E-state index is -0.202. The molecule has 0 aromatic rings. The third-order valence-electron chi connectivity index (χ3n) is 1.28. The zero-order valence-electron chi connectivity index (χ0n) is 7.09. The molecule has 0 saturated carbocycles. The van der Waals surface area contributed by atoms with Crippen molar-refractivity contribution in [2.45, 2.75) is 13.8 Å². The molecule has 0 fully saturated rings. The molecule has 3 nitrogen and oxygen atoms in total. The van der Waals surface area contributed by atoms with Gasteiger partial charge in [0.2, 0.25) is 11.8 Å². The molecule has 0 aromatic heterocycles. The number of amides is 2. The number of hydrogen-bond donors (Lipinski definition) is 0. The largest absolute Gasteiger partial charge is 0.285 e. The van der Waals surface area contributed by atoms with E-state index in [2.05, 4.69) is 0 Å². The Hall–Kier alpha value is -0.510. The fourth-order valence-electron chi connectivity index (χ4n) is 0.462. The molecule has 0 aliphatic heterocycles. The first kappa shape index (κ1) is 10.5. The summed E-state index contributed by atoms with van der Waals surface area (Å²) in [7, 11) is 1.50. The van der Waals surface area contributed by atoms with Crippen molar-refractivity contribution in [3.63, 3.8) is 0 Å². The van der Waals surface area contributed by atoms with Gasteiger partial charge >= 0.3 is 0 Å². The molecule has 0 unspecified atom stereocenters. The summed E-state index contributed by atoms with van der Waals surface area (Å²) >= 11 is 1.52. The molecule has 0 rings (SSSR count). The van der Waals surface area contributed by atoms with Crippen molar-refractivity contribution < 1.29 is 9.59 Å². The van der Waals surface area contributed by atoms with Gasteiger partial charge in [0.25, 0.3) is 0 Å². The van der Waals surface area contributed by atoms with Crippen LogP contribution in [0.5, 0.6) is 0 Å². The highest BCUT2D eigenvalue weighted by Crippen LogP contribution is 2.00. The molecule has 0 aliphatic carbocycles. The molecule has 11 heavy (non-hydrogen) atoms. The molecule has 0 aromatic carbocycles. The van der Waals surface area contributed by atoms with Gasteiger partial charge in [-0.25, -0.2) is 0 Å². The number of nitrogens with zero attached hydrogens (tertiary/aromatic N) is 1. The number of thioether (sulfide) groups is 1. The lowest BCUT2D eigenvalue weighted by atomic mass is 10.5. The van der Waals surface area contributed by atoms with E-state index in [-0.39, 0.29) is 11.8 Å². The van der Waals surface area contributed by atoms with Crippen LogP contribution in [0.1, 0.15) is 13.8 Å². The van der Waals surface area contributed by atoms with Crippen molar-refractivity contribution in [1.82, 2.24) is 4.90 Å². The monoisotopic (exact) mass is 175 g/mol. The molecule has 64 valence electrons. The summed E-state index contributed by atoms with van der Waals surface area (Å²) in [6.07, 6.45) is 0. The van der Waals surface area contributed by atoms with Gasteiger partial charge in [-0.3, -0.25) is 14.5 Å². The van der Waals surface area contributed by atoms with Crippen LogP contribution in [0.2, 0.25) is 0 Å². The molecule has 0 N–H and O–H groups in total. The lowest BCUT2D eigenvalue weighted by Crippen LogP contribution is -2.32. The normalized spacial score (nSPS) is 9.36. The van der Waals surface area contributed by atoms with Gasteiger partial charge in [0.05, 0.1) is 5.75 Å². The first-order chi connectivity index (χ1) is 5.09. The maximum absolute atomic E-state index is 11.0. The zero-order valence-corrected chi connectivity index (χ0v) is 7.90. The zero-order chi connectivity index (χ0) is 8.85. The highest BCUT2D eigenvalue weighted by molar-refractivity contribution is 7.99. The van der Waals surface area contributed by atoms with Gasteiger partial charge < -0.3 is 0 Å². The Balaban J connectivity index is 3.74. The summed E-state index contributed by atoms with van der Waals surface area (Å²) in [5, 5.41) is 0. The van der Waals surface area contributed by atoms with E-state index in [1.165, 1.54) is 25.7 Å². The molecular weight excluding hydrogens is 162 g/mol. The Kier molecular flexibility index (Phi) is 4.94. The smallest absolute Gasteiger partial charge is 0.238 e. The second-order valence-corrected chi connectivity index (χ2v) is 3.38. The van der Waals surface area contributed by atoms with E-state index >= 15 is 0 Å². The molecule has 0 spiro atoms. The number of hydrogen-bond acceptors (Lipinski definition) is 3. The standard InChI is InChI=1S/C7H13NO2S/c1-4-11-5-7(10)8(3)6(2)9/h4-5H2,1-3H3. The van der Waals surface area contributed by atoms with Gasteiger partial charge in [0.15, 0.2) is 0 Å². The van der Waals surface area contributed by atoms with E-state index in [9.17, 15) is 9.59 Å². The van der Waals surface area contributed by atoms with Crippen molar-refractivity contribution in [3.8, 4) is 0 Å². The molecule has 0 aliphatic rings. The summed E-state index contributed by atoms with van der Waals surface area (Å²) in [6.45, 7) is 3.36. The van der Waals surface area contributed by atoms with Crippen molar-refractivity contribution >= 4 is 23.6 Å². The molecule has 4 heteroatoms. The summed E-state index contributed by atoms with van der Waals surface area (Å²) in [4.78, 5) is 22.8. The Labute approximate surface area is 71.1 Å². The van der Waals surface area contributed by atoms with E-state index in [0.717, 1.165) is 10.7 Å². The van der Waals surface area contributed by atoms with Crippen molar-refractivity contribution in [3.05, 3.63) is 0 Å². The molecular formula is C7H13NO2S. The SMILES string of the molecule is CCSCC(=O)N(C)C(C)=O. The quantitative estimate of drug-likeness (QED) is 0.635. The minimum absolute atomic E-state index is 0.121. The van der Waals surface area contributed by atoms with E-state index in [4.69, 9.17) is 0 Å². The first-order valence-electron chi connectivity index (χ1n) is 3.44. The highest BCUT2D eigenvalue weighted by Gasteiger charge is 2.10. The molecule has 0 saturated heterocycles. The summed E-state index contributed by atoms with van der Waals surface area (Å²) in [5.41, 5.74) is 0. The first-order valence-corrected chi connectivity index (χ1v) is 4.60. The topological polar surface area (TPSA) is 37.4 Å². The van der Waals surface area contributed by atoms with E-state index in [1.807, 2.05) is 6.92 Å². The van der Waals surface area contributed by atoms with Gasteiger partial charge in [-0.2, -0.15) is 11.8 Å². The van der Waals surface area contributed by atoms with Crippen LogP contribution in [0, 0.1) is 0 Å². The third-order valence-corrected chi connectivity index (χ3v) is 2.14. The van der Waals surface area contributed by atoms with E-state index in [0.29, 0.717) is 5.75 Å². The molecule has 0 bridgehead atoms. The van der Waals surface area contributed by atoms with E-state index in [1.54, 1.807) is 0 Å². The van der Waals surface area contributed by atoms with Gasteiger partial charge in [0.1, 0.15) is 0 Å². The average Bonchev–Trinajstić information content (AvgIpc) is 1.98. The molecule has 0 radical (unpaired) electrons. The van der Waals surface area contributed by atoms with Crippen LogP contribution in [-0.2, 0) is 9.59 Å². The van der Waals surface area contributed by atoms with Gasteiger partial charge in [-0.15, -0.1) is 0 Å². The van der Waals surface area contributed by atoms with Gasteiger partial charge in [0, 0.05) is 14.0 Å². The van der Waals surface area contributed by atoms with Crippen LogP contribution < -0.4 is 0 Å². The fraction of sp³-hybridized carbons (Fsp3) is 0.714. The predicted molar refractivity (Wildman–Crippen MR) is 46.5 cm³/mol. The van der Waals surface area contributed by atoms with Crippen LogP contribution >= 0.6 is 11.8 Å². The average molecular weight is 175 g/mol. The molecule has 0 atom stereocenters. The molecule has 0 heterocycles. The van der Waals surface area contributed by atoms with Crippen molar-refractivity contribution in [2.75, 3.05) is 18.6 Å². The van der Waals surface area contributed by atoms with E-state index < -0.39 is 0 Å². The number of carbonyl (C=O) groups is 2. The fourth-order valence-corrected chi connectivity index (χ4v) is 1.03. The van der Waals surface area contributed by atoms with Crippen LogP contribution in [0.3, 0.4) is 0 Å². The Bertz CT molecular complexity index is 159. The van der Waals surface area contributed by atoms with Crippen LogP contribution in [0.15, 0.2) is 0 Å². The number of rotatable bonds is 3. The highest BCUT2D eigenvalue weighted by atomic mass is 32.2. The second-order valence-electron chi connectivity index (χ2n) is 2.11. The summed E-state index contributed by atoms with van der Waals surface area (Å²) in [5.74, 6) is 0.973. The van der Waals surface area contributed by atoms with Crippen molar-refractivity contribution in [2.24, 2.45) is 0 Å². The number of imide groups is 1. The maximum Gasteiger partial charge on any atom is 0.238 e. The molecule has 2 amide bonds. The predicted octanol–water partition coefficient (Wildman–Crippen LogP) is 0.744. The lowest BCUT2D eigenvalue weighted by Gasteiger charge is -2.11. The Morgan fingerprint density at radius 2 is 2.00 bits per heavy atom.